The van der Waals surface area contributed by atoms with Gasteiger partial charge in [-0.3, -0.25) is 19.1 Å². The molecule has 3 aromatic carbocycles. The maximum absolute atomic E-state index is 13.7. The molecule has 0 spiro atoms. The Labute approximate surface area is 216 Å². The predicted octanol–water partition coefficient (Wildman–Crippen LogP) is 3.87. The number of carbonyl (C=O) groups excluding carboxylic acids is 1. The predicted molar refractivity (Wildman–Crippen MR) is 147 cm³/mol. The van der Waals surface area contributed by atoms with Crippen molar-refractivity contribution >= 4 is 28.4 Å². The summed E-state index contributed by atoms with van der Waals surface area (Å²) in [5.74, 6) is 0.426. The highest BCUT2D eigenvalue weighted by atomic mass is 16.2. The monoisotopic (exact) mass is 493 g/mol. The number of para-hydroxylation sites is 1. The fourth-order valence-electron chi connectivity index (χ4n) is 5.44. The van der Waals surface area contributed by atoms with Gasteiger partial charge in [-0.1, -0.05) is 54.6 Å². The summed E-state index contributed by atoms with van der Waals surface area (Å²) in [6.45, 7) is 4.51. The van der Waals surface area contributed by atoms with Gasteiger partial charge in [-0.15, -0.1) is 0 Å². The Bertz CT molecular complexity index is 1470. The van der Waals surface area contributed by atoms with Crippen molar-refractivity contribution in [2.24, 2.45) is 0 Å². The van der Waals surface area contributed by atoms with Crippen molar-refractivity contribution in [3.05, 3.63) is 100 Å². The Kier molecular flexibility index (Phi) is 6.22. The number of aromatic nitrogens is 2. The van der Waals surface area contributed by atoms with Crippen molar-refractivity contribution in [2.75, 3.05) is 43.0 Å². The third-order valence-corrected chi connectivity index (χ3v) is 7.57. The van der Waals surface area contributed by atoms with E-state index < -0.39 is 0 Å². The number of benzene rings is 3. The first-order chi connectivity index (χ1) is 18.1. The number of hydrogen-bond acceptors (Lipinski definition) is 5. The van der Waals surface area contributed by atoms with Crippen molar-refractivity contribution in [2.45, 2.75) is 25.4 Å². The zero-order valence-corrected chi connectivity index (χ0v) is 21.1. The van der Waals surface area contributed by atoms with Crippen LogP contribution in [-0.2, 0) is 17.8 Å². The molecule has 0 bridgehead atoms. The van der Waals surface area contributed by atoms with Crippen LogP contribution < -0.4 is 15.4 Å². The van der Waals surface area contributed by atoms with Crippen LogP contribution in [0.3, 0.4) is 0 Å². The lowest BCUT2D eigenvalue weighted by atomic mass is 10.00. The van der Waals surface area contributed by atoms with Crippen LogP contribution in [0.1, 0.15) is 23.6 Å². The summed E-state index contributed by atoms with van der Waals surface area (Å²) in [4.78, 5) is 38.5. The molecule has 1 saturated heterocycles. The molecule has 37 heavy (non-hydrogen) atoms. The van der Waals surface area contributed by atoms with Crippen LogP contribution in [0, 0.1) is 0 Å². The second kappa shape index (κ2) is 9.82. The van der Waals surface area contributed by atoms with Gasteiger partial charge in [0, 0.05) is 38.3 Å². The summed E-state index contributed by atoms with van der Waals surface area (Å²) < 4.78 is 1.75. The maximum atomic E-state index is 13.7. The molecule has 3 heterocycles. The normalized spacial score (nSPS) is 18.3. The van der Waals surface area contributed by atoms with E-state index in [0.29, 0.717) is 29.8 Å². The van der Waals surface area contributed by atoms with E-state index >= 15 is 0 Å². The Morgan fingerprint density at radius 2 is 1.51 bits per heavy atom. The molecule has 1 fully saturated rings. The van der Waals surface area contributed by atoms with Gasteiger partial charge in [-0.2, -0.15) is 0 Å². The molecule has 1 aromatic heterocycles. The van der Waals surface area contributed by atoms with Gasteiger partial charge >= 0.3 is 0 Å². The second-order valence-corrected chi connectivity index (χ2v) is 10.1. The molecule has 0 aliphatic carbocycles. The molecule has 7 heteroatoms. The van der Waals surface area contributed by atoms with Crippen molar-refractivity contribution in [1.82, 2.24) is 14.5 Å². The number of anilines is 2. The number of nitrogens with zero attached hydrogens (tertiary/aromatic N) is 5. The number of fused-ring (bicyclic) bond motifs is 2. The van der Waals surface area contributed by atoms with Crippen LogP contribution in [0.25, 0.3) is 10.9 Å². The van der Waals surface area contributed by atoms with E-state index in [1.807, 2.05) is 54.6 Å². The lowest BCUT2D eigenvalue weighted by Gasteiger charge is -2.35. The molecule has 2 aliphatic heterocycles. The van der Waals surface area contributed by atoms with Crippen LogP contribution in [0.4, 0.5) is 11.6 Å². The van der Waals surface area contributed by atoms with Crippen LogP contribution >= 0.6 is 0 Å². The Hall–Kier alpha value is -3.97. The average Bonchev–Trinajstić information content (AvgIpc) is 2.92. The average molecular weight is 494 g/mol. The van der Waals surface area contributed by atoms with Crippen molar-refractivity contribution in [3.63, 3.8) is 0 Å². The van der Waals surface area contributed by atoms with Gasteiger partial charge in [0.2, 0.25) is 11.9 Å². The third kappa shape index (κ3) is 4.62. The number of rotatable bonds is 5. The van der Waals surface area contributed by atoms with Gasteiger partial charge < -0.3 is 9.80 Å². The molecule has 1 amide bonds. The van der Waals surface area contributed by atoms with Gasteiger partial charge in [0.25, 0.3) is 5.56 Å². The summed E-state index contributed by atoms with van der Waals surface area (Å²) >= 11 is 0. The molecule has 0 radical (unpaired) electrons. The summed E-state index contributed by atoms with van der Waals surface area (Å²) in [7, 11) is 2.15. The molecule has 0 N–H and O–H groups in total. The van der Waals surface area contributed by atoms with Crippen molar-refractivity contribution < 1.29 is 4.79 Å². The topological polar surface area (TPSA) is 61.7 Å². The second-order valence-electron chi connectivity index (χ2n) is 10.1. The standard InChI is InChI=1S/C30H31N5O2/c1-32-15-17-33(18-16-32)24-13-11-23(12-14-24)21-34-28(36)20-25(19-22-7-3-2-4-8-22)35-29(37)26-9-5-6-10-27(26)31-30(34)35/h2-14,25H,15-21H2,1H3. The number of hydrogen-bond donors (Lipinski definition) is 0. The minimum absolute atomic E-state index is 0.00810. The zero-order chi connectivity index (χ0) is 25.4. The van der Waals surface area contributed by atoms with Crippen LogP contribution in [-0.4, -0.2) is 53.6 Å². The third-order valence-electron chi connectivity index (χ3n) is 7.57. The first-order valence-corrected chi connectivity index (χ1v) is 12.9. The van der Waals surface area contributed by atoms with Crippen LogP contribution in [0.5, 0.6) is 0 Å². The molecule has 2 aliphatic rings. The highest BCUT2D eigenvalue weighted by Crippen LogP contribution is 2.31. The van der Waals surface area contributed by atoms with Crippen molar-refractivity contribution in [3.8, 4) is 0 Å². The molecule has 7 nitrogen and oxygen atoms in total. The first kappa shape index (κ1) is 23.4. The molecule has 188 valence electrons. The summed E-state index contributed by atoms with van der Waals surface area (Å²) in [6.07, 6.45) is 0.869. The Morgan fingerprint density at radius 3 is 2.27 bits per heavy atom. The summed E-state index contributed by atoms with van der Waals surface area (Å²) in [6, 6.07) is 25.6. The maximum Gasteiger partial charge on any atom is 0.263 e. The Morgan fingerprint density at radius 1 is 0.811 bits per heavy atom. The minimum atomic E-state index is -0.273. The Balaban J connectivity index is 1.34. The smallest absolute Gasteiger partial charge is 0.263 e. The number of amides is 1. The first-order valence-electron chi connectivity index (χ1n) is 12.9. The van der Waals surface area contributed by atoms with E-state index in [0.717, 1.165) is 37.3 Å². The molecular formula is C30H31N5O2. The minimum Gasteiger partial charge on any atom is -0.369 e. The lowest BCUT2D eigenvalue weighted by molar-refractivity contribution is -0.120. The largest absolute Gasteiger partial charge is 0.369 e. The molecule has 0 saturated carbocycles. The highest BCUT2D eigenvalue weighted by Gasteiger charge is 2.34. The molecule has 1 atom stereocenters. The summed E-state index contributed by atoms with van der Waals surface area (Å²) in [5.41, 5.74) is 3.83. The van der Waals surface area contributed by atoms with E-state index in [9.17, 15) is 9.59 Å². The van der Waals surface area contributed by atoms with Crippen LogP contribution in [0.2, 0.25) is 0 Å². The number of carbonyl (C=O) groups is 1. The SMILES string of the molecule is CN1CCN(c2ccc(CN3C(=O)CC(Cc4ccccc4)n4c3nc3ccccc3c4=O)cc2)CC1. The van der Waals surface area contributed by atoms with E-state index in [1.54, 1.807) is 9.47 Å². The lowest BCUT2D eigenvalue weighted by Crippen LogP contribution is -2.45. The fraction of sp³-hybridized carbons (Fsp3) is 0.300. The number of piperazine rings is 1. The fourth-order valence-corrected chi connectivity index (χ4v) is 5.44. The molecular weight excluding hydrogens is 462 g/mol. The van der Waals surface area contributed by atoms with E-state index in [-0.39, 0.29) is 23.9 Å². The molecule has 4 aromatic rings. The highest BCUT2D eigenvalue weighted by molar-refractivity contribution is 5.94. The van der Waals surface area contributed by atoms with Gasteiger partial charge in [0.1, 0.15) is 0 Å². The van der Waals surface area contributed by atoms with Crippen LogP contribution in [0.15, 0.2) is 83.7 Å². The van der Waals surface area contributed by atoms with E-state index in [4.69, 9.17) is 4.98 Å². The van der Waals surface area contributed by atoms with Crippen molar-refractivity contribution in [1.29, 1.82) is 0 Å². The zero-order valence-electron chi connectivity index (χ0n) is 21.1. The van der Waals surface area contributed by atoms with Gasteiger partial charge in [-0.25, -0.2) is 4.98 Å². The van der Waals surface area contributed by atoms with Gasteiger partial charge in [0.15, 0.2) is 0 Å². The summed E-state index contributed by atoms with van der Waals surface area (Å²) in [5, 5.41) is 0.579. The van der Waals surface area contributed by atoms with Gasteiger partial charge in [-0.05, 0) is 48.9 Å². The van der Waals surface area contributed by atoms with E-state index in [2.05, 4.69) is 41.1 Å². The number of likely N-dealkylation sites (N-methyl/N-ethyl adjacent to an activating group) is 1. The molecule has 1 unspecified atom stereocenters. The van der Waals surface area contributed by atoms with Gasteiger partial charge in [0.05, 0.1) is 23.5 Å². The van der Waals surface area contributed by atoms with E-state index in [1.165, 1.54) is 5.69 Å². The molecule has 6 rings (SSSR count). The quantitative estimate of drug-likeness (QED) is 0.423.